The lowest BCUT2D eigenvalue weighted by Crippen LogP contribution is -1.79. The van der Waals surface area contributed by atoms with Gasteiger partial charge in [-0.3, -0.25) is 0 Å². The summed E-state index contributed by atoms with van der Waals surface area (Å²) in [6.45, 7) is 9.47. The van der Waals surface area contributed by atoms with E-state index in [1.165, 1.54) is 11.8 Å². The SMILES string of the molecule is C=CC(=C)C/C(C)=C/C=C\N. The molecule has 11 heavy (non-hydrogen) atoms. The Morgan fingerprint density at radius 2 is 2.18 bits per heavy atom. The molecule has 0 aliphatic heterocycles. The van der Waals surface area contributed by atoms with Crippen molar-refractivity contribution in [3.63, 3.8) is 0 Å². The molecule has 0 aliphatic carbocycles. The monoisotopic (exact) mass is 149 g/mol. The molecule has 0 heterocycles. The van der Waals surface area contributed by atoms with Crippen molar-refractivity contribution in [1.82, 2.24) is 0 Å². The number of allylic oxidation sites excluding steroid dienone is 5. The van der Waals surface area contributed by atoms with Gasteiger partial charge in [0.15, 0.2) is 0 Å². The van der Waals surface area contributed by atoms with E-state index in [4.69, 9.17) is 5.73 Å². The molecule has 0 fully saturated rings. The lowest BCUT2D eigenvalue weighted by Gasteiger charge is -1.97. The smallest absolute Gasteiger partial charge is 0.00624 e. The van der Waals surface area contributed by atoms with Gasteiger partial charge < -0.3 is 5.73 Å². The predicted octanol–water partition coefficient (Wildman–Crippen LogP) is 2.54. The molecular weight excluding hydrogens is 134 g/mol. The first kappa shape index (κ1) is 9.76. The van der Waals surface area contributed by atoms with Crippen LogP contribution in [0.25, 0.3) is 0 Å². The van der Waals surface area contributed by atoms with Gasteiger partial charge in [-0.15, -0.1) is 0 Å². The Hall–Kier alpha value is -1.24. The number of nitrogens with two attached hydrogens (primary N) is 1. The zero-order valence-corrected chi connectivity index (χ0v) is 7.01. The van der Waals surface area contributed by atoms with Gasteiger partial charge in [-0.2, -0.15) is 0 Å². The maximum absolute atomic E-state index is 5.17. The standard InChI is InChI=1S/C10H15N/c1-4-9(2)8-10(3)6-5-7-11/h4-7H,1-2,8,11H2,3H3/b7-5-,10-6+. The molecule has 60 valence electrons. The van der Waals surface area contributed by atoms with Gasteiger partial charge in [-0.25, -0.2) is 0 Å². The molecule has 1 heteroatoms. The summed E-state index contributed by atoms with van der Waals surface area (Å²) in [5, 5.41) is 0. The van der Waals surface area contributed by atoms with E-state index in [0.717, 1.165) is 12.0 Å². The minimum absolute atomic E-state index is 0.869. The summed E-state index contributed by atoms with van der Waals surface area (Å²) in [7, 11) is 0. The first-order valence-corrected chi connectivity index (χ1v) is 3.55. The molecule has 0 unspecified atom stereocenters. The van der Waals surface area contributed by atoms with Crippen LogP contribution in [-0.2, 0) is 0 Å². The summed E-state index contributed by atoms with van der Waals surface area (Å²) >= 11 is 0. The van der Waals surface area contributed by atoms with Crippen LogP contribution >= 0.6 is 0 Å². The molecule has 1 nitrogen and oxygen atoms in total. The van der Waals surface area contributed by atoms with E-state index in [9.17, 15) is 0 Å². The lowest BCUT2D eigenvalue weighted by molar-refractivity contribution is 1.16. The van der Waals surface area contributed by atoms with Gasteiger partial charge in [0.05, 0.1) is 0 Å². The van der Waals surface area contributed by atoms with Gasteiger partial charge in [0.2, 0.25) is 0 Å². The number of rotatable bonds is 4. The summed E-state index contributed by atoms with van der Waals surface area (Å²) in [5.74, 6) is 0. The average molecular weight is 149 g/mol. The average Bonchev–Trinajstić information content (AvgIpc) is 2.00. The van der Waals surface area contributed by atoms with Gasteiger partial charge >= 0.3 is 0 Å². The van der Waals surface area contributed by atoms with E-state index >= 15 is 0 Å². The fourth-order valence-corrected chi connectivity index (χ4v) is 0.709. The second kappa shape index (κ2) is 5.54. The summed E-state index contributed by atoms with van der Waals surface area (Å²) in [5.41, 5.74) is 7.44. The van der Waals surface area contributed by atoms with Crippen molar-refractivity contribution < 1.29 is 0 Å². The number of hydrogen-bond acceptors (Lipinski definition) is 1. The molecule has 0 aliphatic rings. The Balaban J connectivity index is 3.95. The minimum Gasteiger partial charge on any atom is -0.405 e. The Morgan fingerprint density at radius 3 is 2.64 bits per heavy atom. The predicted molar refractivity (Wildman–Crippen MR) is 51.0 cm³/mol. The van der Waals surface area contributed by atoms with Crippen LogP contribution in [0.5, 0.6) is 0 Å². The Bertz CT molecular complexity index is 197. The summed E-state index contributed by atoms with van der Waals surface area (Å²) in [4.78, 5) is 0. The molecule has 0 bridgehead atoms. The highest BCUT2D eigenvalue weighted by molar-refractivity contribution is 5.22. The van der Waals surface area contributed by atoms with Crippen LogP contribution in [0.3, 0.4) is 0 Å². The maximum atomic E-state index is 5.17. The molecule has 0 amide bonds. The lowest BCUT2D eigenvalue weighted by atomic mass is 10.1. The summed E-state index contributed by atoms with van der Waals surface area (Å²) < 4.78 is 0. The zero-order valence-electron chi connectivity index (χ0n) is 7.01. The highest BCUT2D eigenvalue weighted by Crippen LogP contribution is 2.08. The highest BCUT2D eigenvalue weighted by atomic mass is 14.5. The van der Waals surface area contributed by atoms with E-state index in [-0.39, 0.29) is 0 Å². The van der Waals surface area contributed by atoms with Crippen LogP contribution in [0.1, 0.15) is 13.3 Å². The van der Waals surface area contributed by atoms with Crippen LogP contribution in [0.15, 0.2) is 48.7 Å². The van der Waals surface area contributed by atoms with Crippen molar-refractivity contribution in [3.8, 4) is 0 Å². The Kier molecular flexibility index (Phi) is 4.91. The molecule has 0 aromatic heterocycles. The third-order valence-corrected chi connectivity index (χ3v) is 1.29. The van der Waals surface area contributed by atoms with Gasteiger partial charge in [0.25, 0.3) is 0 Å². The van der Waals surface area contributed by atoms with Crippen molar-refractivity contribution in [3.05, 3.63) is 48.7 Å². The van der Waals surface area contributed by atoms with E-state index in [1.807, 2.05) is 19.1 Å². The molecule has 0 spiro atoms. The molecule has 0 aromatic rings. The molecule has 0 saturated carbocycles. The minimum atomic E-state index is 0.869. The van der Waals surface area contributed by atoms with Crippen molar-refractivity contribution in [1.29, 1.82) is 0 Å². The Morgan fingerprint density at radius 1 is 1.55 bits per heavy atom. The van der Waals surface area contributed by atoms with Crippen molar-refractivity contribution in [2.45, 2.75) is 13.3 Å². The normalized spacial score (nSPS) is 11.9. The molecule has 0 radical (unpaired) electrons. The molecule has 2 N–H and O–H groups in total. The van der Waals surface area contributed by atoms with E-state index in [0.29, 0.717) is 0 Å². The quantitative estimate of drug-likeness (QED) is 0.611. The van der Waals surface area contributed by atoms with Crippen LogP contribution in [0, 0.1) is 0 Å². The van der Waals surface area contributed by atoms with Gasteiger partial charge in [0, 0.05) is 0 Å². The first-order chi connectivity index (χ1) is 5.20. The second-order valence-electron chi connectivity index (χ2n) is 2.44. The van der Waals surface area contributed by atoms with Crippen LogP contribution < -0.4 is 5.73 Å². The van der Waals surface area contributed by atoms with Crippen molar-refractivity contribution in [2.75, 3.05) is 0 Å². The maximum Gasteiger partial charge on any atom is -0.00624 e. The molecule has 0 saturated heterocycles. The van der Waals surface area contributed by atoms with Crippen molar-refractivity contribution in [2.24, 2.45) is 5.73 Å². The molecule has 0 atom stereocenters. The fraction of sp³-hybridized carbons (Fsp3) is 0.200. The molecule has 0 rings (SSSR count). The van der Waals surface area contributed by atoms with E-state index in [1.54, 1.807) is 6.08 Å². The molecule has 0 aromatic carbocycles. The topological polar surface area (TPSA) is 26.0 Å². The summed E-state index contributed by atoms with van der Waals surface area (Å²) in [6.07, 6.45) is 7.93. The highest BCUT2D eigenvalue weighted by Gasteiger charge is 1.88. The van der Waals surface area contributed by atoms with Crippen LogP contribution in [-0.4, -0.2) is 0 Å². The first-order valence-electron chi connectivity index (χ1n) is 3.55. The van der Waals surface area contributed by atoms with E-state index < -0.39 is 0 Å². The van der Waals surface area contributed by atoms with Gasteiger partial charge in [-0.05, 0) is 25.6 Å². The van der Waals surface area contributed by atoms with Crippen LogP contribution in [0.4, 0.5) is 0 Å². The van der Waals surface area contributed by atoms with Crippen LogP contribution in [0.2, 0.25) is 0 Å². The van der Waals surface area contributed by atoms with Gasteiger partial charge in [0.1, 0.15) is 0 Å². The second-order valence-corrected chi connectivity index (χ2v) is 2.44. The van der Waals surface area contributed by atoms with E-state index in [2.05, 4.69) is 13.2 Å². The fourth-order valence-electron chi connectivity index (χ4n) is 0.709. The zero-order chi connectivity index (χ0) is 8.69. The molecular formula is C10H15N. The van der Waals surface area contributed by atoms with Crippen molar-refractivity contribution >= 4 is 0 Å². The third kappa shape index (κ3) is 5.22. The van der Waals surface area contributed by atoms with Gasteiger partial charge in [-0.1, -0.05) is 36.5 Å². The Labute approximate surface area is 68.6 Å². The summed E-state index contributed by atoms with van der Waals surface area (Å²) in [6, 6.07) is 0. The number of hydrogen-bond donors (Lipinski definition) is 1. The largest absolute Gasteiger partial charge is 0.405 e. The third-order valence-electron chi connectivity index (χ3n) is 1.29.